The topological polar surface area (TPSA) is 24.4 Å². The molecule has 1 aliphatic rings. The van der Waals surface area contributed by atoms with Gasteiger partial charge in [-0.2, -0.15) is 0 Å². The van der Waals surface area contributed by atoms with Crippen LogP contribution in [0.15, 0.2) is 4.99 Å². The highest BCUT2D eigenvalue weighted by molar-refractivity contribution is 5.86. The zero-order chi connectivity index (χ0) is 7.40. The van der Waals surface area contributed by atoms with Crippen LogP contribution in [-0.4, -0.2) is 25.8 Å². The van der Waals surface area contributed by atoms with E-state index in [1.54, 1.807) is 0 Å². The van der Waals surface area contributed by atoms with Crippen LogP contribution in [0.1, 0.15) is 19.8 Å². The Kier molecular flexibility index (Phi) is 2.87. The minimum absolute atomic E-state index is 0.819. The second-order valence-electron chi connectivity index (χ2n) is 3.06. The van der Waals surface area contributed by atoms with Crippen molar-refractivity contribution in [3.05, 3.63) is 0 Å². The van der Waals surface area contributed by atoms with E-state index >= 15 is 0 Å². The quantitative estimate of drug-likeness (QED) is 0.535. The van der Waals surface area contributed by atoms with Crippen molar-refractivity contribution in [3.8, 4) is 0 Å². The third kappa shape index (κ3) is 2.10. The van der Waals surface area contributed by atoms with E-state index in [1.165, 1.54) is 18.6 Å². The Morgan fingerprint density at radius 2 is 2.40 bits per heavy atom. The van der Waals surface area contributed by atoms with Gasteiger partial charge in [-0.3, -0.25) is 4.99 Å². The van der Waals surface area contributed by atoms with Gasteiger partial charge in [0.05, 0.1) is 0 Å². The van der Waals surface area contributed by atoms with Crippen molar-refractivity contribution in [2.75, 3.05) is 20.1 Å². The zero-order valence-corrected chi connectivity index (χ0v) is 6.85. The molecular weight excluding hydrogens is 124 g/mol. The summed E-state index contributed by atoms with van der Waals surface area (Å²) in [5, 5.41) is 3.37. The van der Waals surface area contributed by atoms with Crippen LogP contribution in [0.2, 0.25) is 0 Å². The van der Waals surface area contributed by atoms with Crippen LogP contribution in [0.5, 0.6) is 0 Å². The molecule has 0 saturated carbocycles. The summed E-state index contributed by atoms with van der Waals surface area (Å²) in [6, 6.07) is 0. The number of hydrogen-bond acceptors (Lipinski definition) is 2. The maximum atomic E-state index is 4.20. The molecule has 0 aromatic carbocycles. The molecule has 1 saturated heterocycles. The van der Waals surface area contributed by atoms with E-state index in [9.17, 15) is 0 Å². The third-order valence-electron chi connectivity index (χ3n) is 2.06. The van der Waals surface area contributed by atoms with Crippen LogP contribution in [0.25, 0.3) is 0 Å². The lowest BCUT2D eigenvalue weighted by molar-refractivity contribution is 0.527. The fraction of sp³-hybridized carbons (Fsp3) is 0.875. The molecule has 0 radical (unpaired) electrons. The van der Waals surface area contributed by atoms with Crippen molar-refractivity contribution in [1.29, 1.82) is 0 Å². The molecule has 1 aliphatic heterocycles. The second-order valence-corrected chi connectivity index (χ2v) is 3.06. The minimum Gasteiger partial charge on any atom is -0.311 e. The molecule has 2 heteroatoms. The lowest BCUT2D eigenvalue weighted by Gasteiger charge is -2.03. The van der Waals surface area contributed by atoms with Gasteiger partial charge in [0.1, 0.15) is 0 Å². The predicted molar refractivity (Wildman–Crippen MR) is 44.6 cm³/mol. The first-order valence-corrected chi connectivity index (χ1v) is 3.98. The van der Waals surface area contributed by atoms with Crippen LogP contribution >= 0.6 is 0 Å². The molecule has 2 nitrogen and oxygen atoms in total. The van der Waals surface area contributed by atoms with Crippen molar-refractivity contribution in [2.45, 2.75) is 19.8 Å². The van der Waals surface area contributed by atoms with E-state index in [4.69, 9.17) is 0 Å². The first-order valence-electron chi connectivity index (χ1n) is 3.98. The van der Waals surface area contributed by atoms with Gasteiger partial charge in [-0.05, 0) is 25.3 Å². The van der Waals surface area contributed by atoms with Crippen molar-refractivity contribution >= 4 is 5.71 Å². The molecule has 0 aromatic rings. The standard InChI is InChI=1S/C8H16N2/c1-7-3-4-8(9-2)6-10-5-7/h7,10H,3-6H2,1-2H3/b9-8+/t7-/m1/s1. The third-order valence-corrected chi connectivity index (χ3v) is 2.06. The van der Waals surface area contributed by atoms with Crippen molar-refractivity contribution in [3.63, 3.8) is 0 Å². The number of hydrogen-bond donors (Lipinski definition) is 1. The predicted octanol–water partition coefficient (Wildman–Crippen LogP) is 1.08. The van der Waals surface area contributed by atoms with Gasteiger partial charge in [-0.1, -0.05) is 6.92 Å². The molecular formula is C8H16N2. The van der Waals surface area contributed by atoms with Crippen LogP contribution in [0.3, 0.4) is 0 Å². The minimum atomic E-state index is 0.819. The summed E-state index contributed by atoms with van der Waals surface area (Å²) in [6.07, 6.45) is 2.48. The molecule has 0 unspecified atom stereocenters. The van der Waals surface area contributed by atoms with E-state index in [-0.39, 0.29) is 0 Å². The molecule has 0 aliphatic carbocycles. The van der Waals surface area contributed by atoms with Crippen LogP contribution in [0.4, 0.5) is 0 Å². The fourth-order valence-electron chi connectivity index (χ4n) is 1.26. The van der Waals surface area contributed by atoms with E-state index in [1.807, 2.05) is 7.05 Å². The Hall–Kier alpha value is -0.370. The average Bonchev–Trinajstić information content (AvgIpc) is 2.14. The summed E-state index contributed by atoms with van der Waals surface area (Å²) in [5.74, 6) is 0.819. The fourth-order valence-corrected chi connectivity index (χ4v) is 1.26. The van der Waals surface area contributed by atoms with E-state index in [2.05, 4.69) is 17.2 Å². The van der Waals surface area contributed by atoms with Gasteiger partial charge in [-0.15, -0.1) is 0 Å². The van der Waals surface area contributed by atoms with Gasteiger partial charge in [0.2, 0.25) is 0 Å². The van der Waals surface area contributed by atoms with Crippen molar-refractivity contribution in [2.24, 2.45) is 10.9 Å². The molecule has 10 heavy (non-hydrogen) atoms. The molecule has 0 spiro atoms. The lowest BCUT2D eigenvalue weighted by atomic mass is 10.1. The smallest absolute Gasteiger partial charge is 0.0335 e. The van der Waals surface area contributed by atoms with Crippen LogP contribution < -0.4 is 5.32 Å². The lowest BCUT2D eigenvalue weighted by Crippen LogP contribution is -2.22. The molecule has 1 fully saturated rings. The van der Waals surface area contributed by atoms with Crippen LogP contribution in [-0.2, 0) is 0 Å². The van der Waals surface area contributed by atoms with Gasteiger partial charge < -0.3 is 5.32 Å². The summed E-state index contributed by atoms with van der Waals surface area (Å²) in [6.45, 7) is 4.44. The summed E-state index contributed by atoms with van der Waals surface area (Å²) >= 11 is 0. The van der Waals surface area contributed by atoms with Gasteiger partial charge in [0, 0.05) is 19.3 Å². The van der Waals surface area contributed by atoms with E-state index < -0.39 is 0 Å². The van der Waals surface area contributed by atoms with Crippen molar-refractivity contribution < 1.29 is 0 Å². The van der Waals surface area contributed by atoms with Crippen LogP contribution in [0, 0.1) is 5.92 Å². The molecule has 58 valence electrons. The number of rotatable bonds is 0. The zero-order valence-electron chi connectivity index (χ0n) is 6.85. The second kappa shape index (κ2) is 3.71. The van der Waals surface area contributed by atoms with E-state index in [0.29, 0.717) is 0 Å². The Bertz CT molecular complexity index is 129. The molecule has 0 bridgehead atoms. The Morgan fingerprint density at radius 1 is 1.60 bits per heavy atom. The van der Waals surface area contributed by atoms with Gasteiger partial charge >= 0.3 is 0 Å². The largest absolute Gasteiger partial charge is 0.311 e. The number of aliphatic imine (C=N–C) groups is 1. The first-order chi connectivity index (χ1) is 4.83. The highest BCUT2D eigenvalue weighted by Crippen LogP contribution is 2.07. The molecule has 1 heterocycles. The highest BCUT2D eigenvalue weighted by Gasteiger charge is 2.09. The Balaban J connectivity index is 2.41. The first kappa shape index (κ1) is 7.73. The summed E-state index contributed by atoms with van der Waals surface area (Å²) in [4.78, 5) is 4.20. The summed E-state index contributed by atoms with van der Waals surface area (Å²) in [7, 11) is 1.88. The van der Waals surface area contributed by atoms with Crippen molar-refractivity contribution in [1.82, 2.24) is 5.32 Å². The summed E-state index contributed by atoms with van der Waals surface area (Å²) in [5.41, 5.74) is 1.32. The Labute approximate surface area is 62.7 Å². The number of nitrogens with zero attached hydrogens (tertiary/aromatic N) is 1. The molecule has 0 aromatic heterocycles. The monoisotopic (exact) mass is 140 g/mol. The van der Waals surface area contributed by atoms with Gasteiger partial charge in [-0.25, -0.2) is 0 Å². The molecule has 0 amide bonds. The Morgan fingerprint density at radius 3 is 3.10 bits per heavy atom. The number of nitrogens with one attached hydrogen (secondary N) is 1. The van der Waals surface area contributed by atoms with Gasteiger partial charge in [0.25, 0.3) is 0 Å². The molecule has 1 N–H and O–H groups in total. The van der Waals surface area contributed by atoms with E-state index in [0.717, 1.165) is 19.0 Å². The molecule has 1 rings (SSSR count). The maximum absolute atomic E-state index is 4.20. The summed E-state index contributed by atoms with van der Waals surface area (Å²) < 4.78 is 0. The maximum Gasteiger partial charge on any atom is 0.0335 e. The highest BCUT2D eigenvalue weighted by atomic mass is 14.9. The SMILES string of the molecule is C/N=C1\CC[C@@H](C)CNC1. The average molecular weight is 140 g/mol. The normalized spacial score (nSPS) is 32.2. The van der Waals surface area contributed by atoms with Gasteiger partial charge in [0.15, 0.2) is 0 Å². The molecule has 1 atom stereocenters.